The SMILES string of the molecule is CCCCCCCCCCCCCCCCCCOC(=O)CSCC(=O)O[C@H](Cc1ccccc1)C(=O)O. The molecule has 0 aromatic heterocycles. The molecule has 0 saturated heterocycles. The van der Waals surface area contributed by atoms with Crippen molar-refractivity contribution in [2.75, 3.05) is 18.1 Å². The first kappa shape index (κ1) is 34.0. The van der Waals surface area contributed by atoms with Gasteiger partial charge in [-0.25, -0.2) is 4.79 Å². The normalized spacial score (nSPS) is 11.7. The first-order chi connectivity index (χ1) is 18.5. The molecule has 0 aliphatic heterocycles. The number of carbonyl (C=O) groups excluding carboxylic acids is 2. The largest absolute Gasteiger partial charge is 0.478 e. The summed E-state index contributed by atoms with van der Waals surface area (Å²) in [6, 6.07) is 9.01. The number of carboxylic acid groups (broad SMARTS) is 1. The van der Waals surface area contributed by atoms with Crippen molar-refractivity contribution in [2.45, 2.75) is 122 Å². The van der Waals surface area contributed by atoms with Crippen molar-refractivity contribution in [1.29, 1.82) is 0 Å². The number of rotatable bonds is 25. The minimum atomic E-state index is -1.24. The summed E-state index contributed by atoms with van der Waals surface area (Å²) in [7, 11) is 0. The fraction of sp³-hybridized carbons (Fsp3) is 0.710. The maximum absolute atomic E-state index is 12.0. The van der Waals surface area contributed by atoms with Gasteiger partial charge in [0, 0.05) is 6.42 Å². The van der Waals surface area contributed by atoms with Gasteiger partial charge in [-0.15, -0.1) is 11.8 Å². The molecule has 6 nitrogen and oxygen atoms in total. The lowest BCUT2D eigenvalue weighted by Gasteiger charge is -2.13. The molecule has 0 bridgehead atoms. The minimum absolute atomic E-state index is 0.0460. The van der Waals surface area contributed by atoms with E-state index in [0.717, 1.165) is 30.2 Å². The monoisotopic (exact) mass is 550 g/mol. The predicted octanol–water partition coefficient (Wildman–Crippen LogP) is 7.76. The van der Waals surface area contributed by atoms with Crippen molar-refractivity contribution in [3.63, 3.8) is 0 Å². The van der Waals surface area contributed by atoms with Crippen LogP contribution in [0.4, 0.5) is 0 Å². The fourth-order valence-corrected chi connectivity index (χ4v) is 4.88. The zero-order valence-corrected chi connectivity index (χ0v) is 24.3. The van der Waals surface area contributed by atoms with E-state index in [2.05, 4.69) is 6.92 Å². The lowest BCUT2D eigenvalue weighted by molar-refractivity contribution is -0.162. The topological polar surface area (TPSA) is 89.9 Å². The van der Waals surface area contributed by atoms with Gasteiger partial charge in [0.1, 0.15) is 0 Å². The third-order valence-electron chi connectivity index (χ3n) is 6.51. The van der Waals surface area contributed by atoms with E-state index in [-0.39, 0.29) is 23.9 Å². The van der Waals surface area contributed by atoms with Crippen LogP contribution in [-0.4, -0.2) is 47.2 Å². The number of carboxylic acids is 1. The Balaban J connectivity index is 1.91. The molecule has 1 N–H and O–H groups in total. The van der Waals surface area contributed by atoms with Crippen LogP contribution in [0.25, 0.3) is 0 Å². The summed E-state index contributed by atoms with van der Waals surface area (Å²) >= 11 is 1.08. The second kappa shape index (κ2) is 24.1. The molecule has 0 saturated carbocycles. The summed E-state index contributed by atoms with van der Waals surface area (Å²) in [5.74, 6) is -2.24. The van der Waals surface area contributed by atoms with Gasteiger partial charge in [-0.2, -0.15) is 0 Å². The highest BCUT2D eigenvalue weighted by atomic mass is 32.2. The highest BCUT2D eigenvalue weighted by Crippen LogP contribution is 2.14. The summed E-state index contributed by atoms with van der Waals surface area (Å²) < 4.78 is 10.3. The molecular formula is C31H50O6S. The quantitative estimate of drug-likeness (QED) is 0.0982. The number of thioether (sulfide) groups is 1. The molecule has 0 fully saturated rings. The van der Waals surface area contributed by atoms with E-state index >= 15 is 0 Å². The molecule has 0 radical (unpaired) electrons. The molecule has 38 heavy (non-hydrogen) atoms. The summed E-state index contributed by atoms with van der Waals surface area (Å²) in [5.41, 5.74) is 0.776. The summed E-state index contributed by atoms with van der Waals surface area (Å²) in [5, 5.41) is 9.31. The summed E-state index contributed by atoms with van der Waals surface area (Å²) in [6.07, 6.45) is 19.6. The van der Waals surface area contributed by atoms with Gasteiger partial charge >= 0.3 is 17.9 Å². The number of aliphatic carboxylic acids is 1. The first-order valence-electron chi connectivity index (χ1n) is 14.7. The zero-order chi connectivity index (χ0) is 27.7. The number of ether oxygens (including phenoxy) is 2. The molecule has 0 heterocycles. The average molecular weight is 551 g/mol. The Labute approximate surface area is 234 Å². The van der Waals surface area contributed by atoms with E-state index in [0.29, 0.717) is 6.61 Å². The van der Waals surface area contributed by atoms with Crippen LogP contribution >= 0.6 is 11.8 Å². The highest BCUT2D eigenvalue weighted by Gasteiger charge is 2.22. The van der Waals surface area contributed by atoms with E-state index in [9.17, 15) is 19.5 Å². The third kappa shape index (κ3) is 20.0. The van der Waals surface area contributed by atoms with Crippen LogP contribution in [0.1, 0.15) is 115 Å². The molecule has 1 rings (SSSR count). The van der Waals surface area contributed by atoms with Gasteiger partial charge in [-0.1, -0.05) is 134 Å². The molecule has 1 aromatic carbocycles. The molecule has 0 aliphatic carbocycles. The van der Waals surface area contributed by atoms with Gasteiger partial charge in [0.2, 0.25) is 6.10 Å². The number of unbranched alkanes of at least 4 members (excludes halogenated alkanes) is 15. The summed E-state index contributed by atoms with van der Waals surface area (Å²) in [4.78, 5) is 35.3. The number of benzene rings is 1. The van der Waals surface area contributed by atoms with Crippen LogP contribution in [0.3, 0.4) is 0 Å². The highest BCUT2D eigenvalue weighted by molar-refractivity contribution is 8.00. The van der Waals surface area contributed by atoms with Crippen molar-refractivity contribution in [3.05, 3.63) is 35.9 Å². The standard InChI is InChI=1S/C31H50O6S/c1-2-3-4-5-6-7-8-9-10-11-12-13-14-15-16-20-23-36-29(32)25-38-26-30(33)37-28(31(34)35)24-27-21-18-17-19-22-27/h17-19,21-22,28H,2-16,20,23-26H2,1H3,(H,34,35)/t28-/m1/s1. The van der Waals surface area contributed by atoms with E-state index in [1.807, 2.05) is 6.07 Å². The molecule has 0 unspecified atom stereocenters. The van der Waals surface area contributed by atoms with Gasteiger partial charge in [0.15, 0.2) is 0 Å². The number of hydrogen-bond acceptors (Lipinski definition) is 6. The number of esters is 2. The van der Waals surface area contributed by atoms with E-state index in [1.165, 1.54) is 89.9 Å². The molecule has 1 aromatic rings. The molecule has 0 amide bonds. The van der Waals surface area contributed by atoms with Crippen LogP contribution < -0.4 is 0 Å². The van der Waals surface area contributed by atoms with Gasteiger partial charge < -0.3 is 14.6 Å². The Hall–Kier alpha value is -2.02. The van der Waals surface area contributed by atoms with Gasteiger partial charge in [0.25, 0.3) is 0 Å². The van der Waals surface area contributed by atoms with Crippen LogP contribution in [-0.2, 0) is 30.3 Å². The maximum atomic E-state index is 12.0. The fourth-order valence-electron chi connectivity index (χ4n) is 4.30. The number of carbonyl (C=O) groups is 3. The van der Waals surface area contributed by atoms with Crippen LogP contribution in [0.15, 0.2) is 30.3 Å². The van der Waals surface area contributed by atoms with Crippen molar-refractivity contribution >= 4 is 29.7 Å². The molecule has 7 heteroatoms. The zero-order valence-electron chi connectivity index (χ0n) is 23.5. The lowest BCUT2D eigenvalue weighted by Crippen LogP contribution is -2.30. The molecule has 0 aliphatic rings. The molecule has 0 spiro atoms. The minimum Gasteiger partial charge on any atom is -0.478 e. The van der Waals surface area contributed by atoms with Gasteiger partial charge in [-0.05, 0) is 12.0 Å². The molecule has 1 atom stereocenters. The third-order valence-corrected chi connectivity index (χ3v) is 7.39. The average Bonchev–Trinajstić information content (AvgIpc) is 2.90. The number of hydrogen-bond donors (Lipinski definition) is 1. The van der Waals surface area contributed by atoms with E-state index in [1.54, 1.807) is 24.3 Å². The van der Waals surface area contributed by atoms with E-state index < -0.39 is 18.0 Å². The Bertz CT molecular complexity index is 739. The van der Waals surface area contributed by atoms with Crippen LogP contribution in [0.2, 0.25) is 0 Å². The van der Waals surface area contributed by atoms with Crippen molar-refractivity contribution in [3.8, 4) is 0 Å². The Morgan fingerprint density at radius 2 is 1.18 bits per heavy atom. The van der Waals surface area contributed by atoms with Gasteiger partial charge in [-0.3, -0.25) is 9.59 Å². The second-order valence-corrected chi connectivity index (χ2v) is 11.0. The van der Waals surface area contributed by atoms with Crippen molar-refractivity contribution < 1.29 is 29.0 Å². The van der Waals surface area contributed by atoms with Gasteiger partial charge in [0.05, 0.1) is 18.1 Å². The van der Waals surface area contributed by atoms with Crippen LogP contribution in [0, 0.1) is 0 Å². The smallest absolute Gasteiger partial charge is 0.345 e. The molecular weight excluding hydrogens is 500 g/mol. The first-order valence-corrected chi connectivity index (χ1v) is 15.9. The Morgan fingerprint density at radius 3 is 1.68 bits per heavy atom. The van der Waals surface area contributed by atoms with Crippen molar-refractivity contribution in [2.24, 2.45) is 0 Å². The van der Waals surface area contributed by atoms with Crippen LogP contribution in [0.5, 0.6) is 0 Å². The Kier molecular flexibility index (Phi) is 21.5. The predicted molar refractivity (Wildman–Crippen MR) is 155 cm³/mol. The summed E-state index contributed by atoms with van der Waals surface area (Å²) in [6.45, 7) is 2.67. The second-order valence-electron chi connectivity index (χ2n) is 10.0. The maximum Gasteiger partial charge on any atom is 0.345 e. The van der Waals surface area contributed by atoms with Crippen molar-refractivity contribution in [1.82, 2.24) is 0 Å². The molecule has 216 valence electrons. The lowest BCUT2D eigenvalue weighted by atomic mass is 10.0. The van der Waals surface area contributed by atoms with E-state index in [4.69, 9.17) is 9.47 Å². The Morgan fingerprint density at radius 1 is 0.711 bits per heavy atom.